The van der Waals surface area contributed by atoms with E-state index in [1.807, 2.05) is 6.07 Å². The molecule has 4 heteroatoms. The molecule has 0 bridgehead atoms. The summed E-state index contributed by atoms with van der Waals surface area (Å²) in [5.74, 6) is 0. The maximum Gasteiger partial charge on any atom is 0.124 e. The number of nitrogens with zero attached hydrogens (tertiary/aromatic N) is 2. The Kier molecular flexibility index (Phi) is 2.56. The number of hydrogen-bond donors (Lipinski definition) is 1. The lowest BCUT2D eigenvalue weighted by Gasteiger charge is -2.38. The van der Waals surface area contributed by atoms with Crippen LogP contribution in [0.1, 0.15) is 19.5 Å². The molecule has 1 aromatic heterocycles. The summed E-state index contributed by atoms with van der Waals surface area (Å²) in [6.45, 7) is 8.52. The second kappa shape index (κ2) is 3.71. The van der Waals surface area contributed by atoms with E-state index in [9.17, 15) is 0 Å². The third-order valence-corrected chi connectivity index (χ3v) is 2.53. The molecule has 2 heterocycles. The van der Waals surface area contributed by atoms with Gasteiger partial charge in [-0.3, -0.25) is 4.90 Å². The van der Waals surface area contributed by atoms with E-state index in [4.69, 9.17) is 4.52 Å². The van der Waals surface area contributed by atoms with Crippen molar-refractivity contribution in [2.24, 2.45) is 0 Å². The third-order valence-electron chi connectivity index (χ3n) is 2.53. The van der Waals surface area contributed by atoms with Crippen molar-refractivity contribution in [2.45, 2.75) is 25.9 Å². The lowest BCUT2D eigenvalue weighted by Crippen LogP contribution is -2.56. The first-order valence-electron chi connectivity index (χ1n) is 5.02. The Morgan fingerprint density at radius 2 is 2.50 bits per heavy atom. The monoisotopic (exact) mass is 195 g/mol. The Morgan fingerprint density at radius 1 is 1.64 bits per heavy atom. The van der Waals surface area contributed by atoms with Crippen molar-refractivity contribution < 1.29 is 4.52 Å². The Labute approximate surface area is 84.3 Å². The molecule has 1 aromatic rings. The molecule has 1 aliphatic heterocycles. The first-order chi connectivity index (χ1) is 6.66. The highest BCUT2D eigenvalue weighted by molar-refractivity contribution is 4.97. The molecular weight excluding hydrogens is 178 g/mol. The highest BCUT2D eigenvalue weighted by Gasteiger charge is 2.25. The fraction of sp³-hybridized carbons (Fsp3) is 0.700. The number of rotatable bonds is 2. The lowest BCUT2D eigenvalue weighted by molar-refractivity contribution is 0.145. The predicted octanol–water partition coefficient (Wildman–Crippen LogP) is 0.858. The molecule has 78 valence electrons. The number of hydrogen-bond acceptors (Lipinski definition) is 4. The summed E-state index contributed by atoms with van der Waals surface area (Å²) in [5.41, 5.74) is 1.23. The van der Waals surface area contributed by atoms with Crippen LogP contribution >= 0.6 is 0 Å². The van der Waals surface area contributed by atoms with Crippen LogP contribution in [0, 0.1) is 0 Å². The van der Waals surface area contributed by atoms with Crippen LogP contribution in [-0.2, 0) is 6.54 Å². The second-order valence-corrected chi connectivity index (χ2v) is 4.51. The summed E-state index contributed by atoms with van der Waals surface area (Å²) >= 11 is 0. The number of nitrogens with one attached hydrogen (secondary N) is 1. The van der Waals surface area contributed by atoms with Crippen LogP contribution in [0.4, 0.5) is 0 Å². The topological polar surface area (TPSA) is 41.3 Å². The maximum absolute atomic E-state index is 4.82. The SMILES string of the molecule is CC1(C)CN(Cc2ccon2)CCN1. The van der Waals surface area contributed by atoms with Crippen molar-refractivity contribution in [2.75, 3.05) is 19.6 Å². The smallest absolute Gasteiger partial charge is 0.124 e. The van der Waals surface area contributed by atoms with Crippen LogP contribution < -0.4 is 5.32 Å². The highest BCUT2D eigenvalue weighted by atomic mass is 16.5. The molecule has 0 aliphatic carbocycles. The van der Waals surface area contributed by atoms with Crippen LogP contribution in [0.25, 0.3) is 0 Å². The molecule has 1 aliphatic rings. The van der Waals surface area contributed by atoms with Gasteiger partial charge in [0.25, 0.3) is 0 Å². The van der Waals surface area contributed by atoms with E-state index >= 15 is 0 Å². The van der Waals surface area contributed by atoms with Crippen LogP contribution in [-0.4, -0.2) is 35.2 Å². The van der Waals surface area contributed by atoms with Crippen LogP contribution in [0.3, 0.4) is 0 Å². The summed E-state index contributed by atoms with van der Waals surface area (Å²) in [5, 5.41) is 7.40. The molecule has 0 spiro atoms. The fourth-order valence-electron chi connectivity index (χ4n) is 1.93. The van der Waals surface area contributed by atoms with E-state index in [2.05, 4.69) is 29.2 Å². The molecule has 0 atom stereocenters. The number of aromatic nitrogens is 1. The van der Waals surface area contributed by atoms with Crippen LogP contribution in [0.2, 0.25) is 0 Å². The van der Waals surface area contributed by atoms with Crippen molar-refractivity contribution in [1.29, 1.82) is 0 Å². The predicted molar refractivity (Wildman–Crippen MR) is 53.9 cm³/mol. The van der Waals surface area contributed by atoms with Crippen molar-refractivity contribution in [3.63, 3.8) is 0 Å². The normalized spacial score (nSPS) is 22.4. The molecule has 4 nitrogen and oxygen atoms in total. The van der Waals surface area contributed by atoms with Gasteiger partial charge >= 0.3 is 0 Å². The molecule has 0 aromatic carbocycles. The Balaban J connectivity index is 1.92. The molecular formula is C10H17N3O. The minimum Gasteiger partial charge on any atom is -0.364 e. The molecule has 1 saturated heterocycles. The van der Waals surface area contributed by atoms with E-state index < -0.39 is 0 Å². The second-order valence-electron chi connectivity index (χ2n) is 4.51. The molecule has 0 saturated carbocycles. The van der Waals surface area contributed by atoms with Crippen molar-refractivity contribution in [1.82, 2.24) is 15.4 Å². The fourth-order valence-corrected chi connectivity index (χ4v) is 1.93. The molecule has 0 amide bonds. The van der Waals surface area contributed by atoms with Gasteiger partial charge < -0.3 is 9.84 Å². The average molecular weight is 195 g/mol. The van der Waals surface area contributed by atoms with Crippen molar-refractivity contribution >= 4 is 0 Å². The quantitative estimate of drug-likeness (QED) is 0.760. The van der Waals surface area contributed by atoms with Gasteiger partial charge in [-0.15, -0.1) is 0 Å². The zero-order chi connectivity index (χ0) is 10.0. The van der Waals surface area contributed by atoms with Gasteiger partial charge in [-0.25, -0.2) is 0 Å². The van der Waals surface area contributed by atoms with E-state index in [1.165, 1.54) is 0 Å². The summed E-state index contributed by atoms with van der Waals surface area (Å²) in [7, 11) is 0. The molecule has 1 N–H and O–H groups in total. The zero-order valence-corrected chi connectivity index (χ0v) is 8.79. The zero-order valence-electron chi connectivity index (χ0n) is 8.79. The Morgan fingerprint density at radius 3 is 3.14 bits per heavy atom. The minimum absolute atomic E-state index is 0.210. The van der Waals surface area contributed by atoms with Gasteiger partial charge in [-0.2, -0.15) is 0 Å². The van der Waals surface area contributed by atoms with Crippen molar-refractivity contribution in [3.8, 4) is 0 Å². The van der Waals surface area contributed by atoms with Gasteiger partial charge in [0.1, 0.15) is 6.26 Å². The summed E-state index contributed by atoms with van der Waals surface area (Å²) in [6, 6.07) is 1.93. The standard InChI is InChI=1S/C10H17N3O/c1-10(2)8-13(5-4-11-10)7-9-3-6-14-12-9/h3,6,11H,4-5,7-8H2,1-2H3. The molecule has 0 unspecified atom stereocenters. The van der Waals surface area contributed by atoms with Gasteiger partial charge in [0, 0.05) is 37.8 Å². The molecule has 2 rings (SSSR count). The summed E-state index contributed by atoms with van der Waals surface area (Å²) < 4.78 is 4.82. The van der Waals surface area contributed by atoms with Crippen LogP contribution in [0.15, 0.2) is 16.9 Å². The van der Waals surface area contributed by atoms with Gasteiger partial charge in [0.15, 0.2) is 0 Å². The largest absolute Gasteiger partial charge is 0.364 e. The van der Waals surface area contributed by atoms with E-state index in [0.717, 1.165) is 31.9 Å². The number of piperazine rings is 1. The maximum atomic E-state index is 4.82. The Bertz CT molecular complexity index is 282. The van der Waals surface area contributed by atoms with Gasteiger partial charge in [0.2, 0.25) is 0 Å². The van der Waals surface area contributed by atoms with E-state index in [1.54, 1.807) is 6.26 Å². The third kappa shape index (κ3) is 2.33. The van der Waals surface area contributed by atoms with E-state index in [0.29, 0.717) is 0 Å². The lowest BCUT2D eigenvalue weighted by atomic mass is 10.0. The van der Waals surface area contributed by atoms with E-state index in [-0.39, 0.29) is 5.54 Å². The van der Waals surface area contributed by atoms with Gasteiger partial charge in [0.05, 0.1) is 5.69 Å². The average Bonchev–Trinajstić information content (AvgIpc) is 2.54. The highest BCUT2D eigenvalue weighted by Crippen LogP contribution is 2.12. The Hall–Kier alpha value is -0.870. The van der Waals surface area contributed by atoms with Crippen LogP contribution in [0.5, 0.6) is 0 Å². The first-order valence-corrected chi connectivity index (χ1v) is 5.02. The van der Waals surface area contributed by atoms with Crippen molar-refractivity contribution in [3.05, 3.63) is 18.0 Å². The summed E-state index contributed by atoms with van der Waals surface area (Å²) in [6.07, 6.45) is 1.63. The van der Waals surface area contributed by atoms with Gasteiger partial charge in [-0.1, -0.05) is 5.16 Å². The summed E-state index contributed by atoms with van der Waals surface area (Å²) in [4.78, 5) is 2.40. The molecule has 1 fully saturated rings. The minimum atomic E-state index is 0.210. The molecule has 14 heavy (non-hydrogen) atoms. The first kappa shape index (κ1) is 9.68. The van der Waals surface area contributed by atoms with Gasteiger partial charge in [-0.05, 0) is 13.8 Å². The molecule has 0 radical (unpaired) electrons.